The van der Waals surface area contributed by atoms with Gasteiger partial charge in [0.05, 0.1) is 7.11 Å². The van der Waals surface area contributed by atoms with Crippen LogP contribution in [0.1, 0.15) is 37.7 Å². The Morgan fingerprint density at radius 2 is 2.11 bits per heavy atom. The summed E-state index contributed by atoms with van der Waals surface area (Å²) >= 11 is 0. The number of carbonyl (C=O) groups excluding carboxylic acids is 1. The lowest BCUT2D eigenvalue weighted by atomic mass is 9.70. The minimum atomic E-state index is 0.257. The summed E-state index contributed by atoms with van der Waals surface area (Å²) in [5.41, 5.74) is 1.25. The molecule has 0 radical (unpaired) electrons. The molecule has 0 aliphatic carbocycles. The van der Waals surface area contributed by atoms with Gasteiger partial charge in [0, 0.05) is 44.7 Å². The third kappa shape index (κ3) is 3.85. The molecule has 0 spiro atoms. The van der Waals surface area contributed by atoms with Gasteiger partial charge in [-0.3, -0.25) is 4.79 Å². The molecule has 1 amide bonds. The predicted molar refractivity (Wildman–Crippen MR) is 105 cm³/mol. The molecule has 3 fully saturated rings. The number of amides is 1. The van der Waals surface area contributed by atoms with Gasteiger partial charge in [0.1, 0.15) is 5.75 Å². The summed E-state index contributed by atoms with van der Waals surface area (Å²) < 4.78 is 5.40. The number of methoxy groups -OCH3 is 1. The van der Waals surface area contributed by atoms with Gasteiger partial charge in [-0.1, -0.05) is 12.1 Å². The molecule has 27 heavy (non-hydrogen) atoms. The van der Waals surface area contributed by atoms with E-state index in [9.17, 15) is 9.90 Å². The normalized spacial score (nSPS) is 30.9. The summed E-state index contributed by atoms with van der Waals surface area (Å²) in [5, 5.41) is 9.23. The molecular weight excluding hydrogens is 340 g/mol. The number of ether oxygens (including phenoxy) is 1. The van der Waals surface area contributed by atoms with E-state index in [4.69, 9.17) is 4.74 Å². The third-order valence-corrected chi connectivity index (χ3v) is 6.78. The monoisotopic (exact) mass is 372 g/mol. The van der Waals surface area contributed by atoms with Crippen LogP contribution in [0.25, 0.3) is 0 Å². The van der Waals surface area contributed by atoms with E-state index in [0.29, 0.717) is 30.2 Å². The predicted octanol–water partition coefficient (Wildman–Crippen LogP) is 2.32. The first-order valence-corrected chi connectivity index (χ1v) is 10.5. The topological polar surface area (TPSA) is 53.0 Å². The Kier molecular flexibility index (Phi) is 5.69. The molecule has 3 heterocycles. The van der Waals surface area contributed by atoms with Crippen molar-refractivity contribution in [1.29, 1.82) is 0 Å². The fourth-order valence-corrected chi connectivity index (χ4v) is 5.65. The zero-order valence-corrected chi connectivity index (χ0v) is 16.3. The number of nitrogens with zero attached hydrogens (tertiary/aromatic N) is 2. The van der Waals surface area contributed by atoms with E-state index in [1.54, 1.807) is 7.11 Å². The van der Waals surface area contributed by atoms with E-state index >= 15 is 0 Å². The number of piperidine rings is 3. The highest BCUT2D eigenvalue weighted by Gasteiger charge is 2.49. The Morgan fingerprint density at radius 3 is 2.93 bits per heavy atom. The van der Waals surface area contributed by atoms with Gasteiger partial charge in [-0.15, -0.1) is 0 Å². The number of hydrogen-bond acceptors (Lipinski definition) is 4. The molecule has 1 aromatic carbocycles. The van der Waals surface area contributed by atoms with Crippen molar-refractivity contribution in [1.82, 2.24) is 9.80 Å². The van der Waals surface area contributed by atoms with Crippen LogP contribution in [0, 0.1) is 11.8 Å². The van der Waals surface area contributed by atoms with Gasteiger partial charge in [-0.25, -0.2) is 0 Å². The Balaban J connectivity index is 1.59. The van der Waals surface area contributed by atoms with Crippen LogP contribution in [-0.4, -0.2) is 66.2 Å². The van der Waals surface area contributed by atoms with Gasteiger partial charge in [-0.05, 0) is 61.6 Å². The minimum absolute atomic E-state index is 0.257. The first kappa shape index (κ1) is 18.8. The Bertz CT molecular complexity index is 665. The summed E-state index contributed by atoms with van der Waals surface area (Å²) in [7, 11) is 1.70. The molecule has 5 nitrogen and oxygen atoms in total. The number of rotatable bonds is 6. The van der Waals surface area contributed by atoms with Gasteiger partial charge in [0.25, 0.3) is 0 Å². The zero-order chi connectivity index (χ0) is 18.8. The van der Waals surface area contributed by atoms with Crippen molar-refractivity contribution in [2.24, 2.45) is 11.8 Å². The smallest absolute Gasteiger partial charge is 0.223 e. The zero-order valence-electron chi connectivity index (χ0n) is 16.3. The third-order valence-electron chi connectivity index (χ3n) is 6.78. The maximum Gasteiger partial charge on any atom is 0.223 e. The summed E-state index contributed by atoms with van der Waals surface area (Å²) in [6, 6.07) is 8.97. The maximum atomic E-state index is 12.9. The molecule has 5 heteroatoms. The number of aliphatic hydroxyl groups is 1. The fraction of sp³-hybridized carbons (Fsp3) is 0.682. The number of aliphatic hydroxyl groups excluding tert-OH is 1. The van der Waals surface area contributed by atoms with Crippen molar-refractivity contribution in [2.75, 3.05) is 33.4 Å². The second-order valence-corrected chi connectivity index (χ2v) is 8.48. The average molecular weight is 373 g/mol. The molecule has 0 aromatic heterocycles. The van der Waals surface area contributed by atoms with Crippen molar-refractivity contribution >= 4 is 5.91 Å². The van der Waals surface area contributed by atoms with E-state index in [2.05, 4.69) is 21.9 Å². The molecule has 0 unspecified atom stereocenters. The lowest BCUT2D eigenvalue weighted by Crippen LogP contribution is -2.65. The summed E-state index contributed by atoms with van der Waals surface area (Å²) in [5.74, 6) is 2.36. The van der Waals surface area contributed by atoms with E-state index in [-0.39, 0.29) is 12.6 Å². The van der Waals surface area contributed by atoms with E-state index in [1.165, 1.54) is 12.0 Å². The van der Waals surface area contributed by atoms with E-state index < -0.39 is 0 Å². The van der Waals surface area contributed by atoms with Crippen molar-refractivity contribution < 1.29 is 14.6 Å². The van der Waals surface area contributed by atoms with Crippen molar-refractivity contribution in [3.05, 3.63) is 29.8 Å². The molecule has 4 rings (SSSR count). The largest absolute Gasteiger partial charge is 0.497 e. The molecule has 3 saturated heterocycles. The minimum Gasteiger partial charge on any atom is -0.497 e. The van der Waals surface area contributed by atoms with Crippen molar-refractivity contribution in [3.63, 3.8) is 0 Å². The average Bonchev–Trinajstić information content (AvgIpc) is 2.70. The van der Waals surface area contributed by atoms with Crippen LogP contribution in [0.2, 0.25) is 0 Å². The van der Waals surface area contributed by atoms with Crippen LogP contribution >= 0.6 is 0 Å². The Labute approximate surface area is 162 Å². The number of likely N-dealkylation sites (tertiary alicyclic amines) is 1. The SMILES string of the molecule is COc1cccc(C[C@H]2[C@H]3C[C@H](CN(CCCO)C3)[C@@H]3CCCC(=O)N32)c1. The van der Waals surface area contributed by atoms with Crippen LogP contribution in [0.4, 0.5) is 0 Å². The highest BCUT2D eigenvalue weighted by atomic mass is 16.5. The quantitative estimate of drug-likeness (QED) is 0.833. The maximum absolute atomic E-state index is 12.9. The van der Waals surface area contributed by atoms with Crippen LogP contribution in [0.3, 0.4) is 0 Å². The molecule has 4 atom stereocenters. The second-order valence-electron chi connectivity index (χ2n) is 8.48. The van der Waals surface area contributed by atoms with Gasteiger partial charge < -0.3 is 19.6 Å². The first-order valence-electron chi connectivity index (χ1n) is 10.5. The molecule has 0 saturated carbocycles. The van der Waals surface area contributed by atoms with E-state index in [0.717, 1.165) is 51.1 Å². The molecule has 1 N–H and O–H groups in total. The van der Waals surface area contributed by atoms with Crippen molar-refractivity contribution in [2.45, 2.75) is 50.6 Å². The van der Waals surface area contributed by atoms with Gasteiger partial charge in [-0.2, -0.15) is 0 Å². The summed E-state index contributed by atoms with van der Waals surface area (Å²) in [6.07, 6.45) is 5.87. The second kappa shape index (κ2) is 8.19. The molecule has 2 bridgehead atoms. The van der Waals surface area contributed by atoms with Crippen molar-refractivity contribution in [3.8, 4) is 5.75 Å². The summed E-state index contributed by atoms with van der Waals surface area (Å²) in [4.78, 5) is 17.7. The summed E-state index contributed by atoms with van der Waals surface area (Å²) in [6.45, 7) is 3.35. The highest BCUT2D eigenvalue weighted by Crippen LogP contribution is 2.42. The number of fused-ring (bicyclic) bond motifs is 4. The van der Waals surface area contributed by atoms with E-state index in [1.807, 2.05) is 12.1 Å². The standard InChI is InChI=1S/C22H32N2O3/c1-27-19-6-2-5-16(11-19)12-21-18-13-17(14-23(15-18)9-4-10-25)20-7-3-8-22(26)24(20)21/h2,5-6,11,17-18,20-21,25H,3-4,7-10,12-15H2,1H3/t17-,18+,20+,21+/m1/s1. The molecule has 3 aliphatic heterocycles. The molecule has 148 valence electrons. The lowest BCUT2D eigenvalue weighted by molar-refractivity contribution is -0.152. The number of carbonyl (C=O) groups is 1. The van der Waals surface area contributed by atoms with Crippen LogP contribution < -0.4 is 4.74 Å². The van der Waals surface area contributed by atoms with Gasteiger partial charge in [0.15, 0.2) is 0 Å². The number of hydrogen-bond donors (Lipinski definition) is 1. The highest BCUT2D eigenvalue weighted by molar-refractivity contribution is 5.78. The van der Waals surface area contributed by atoms with Crippen LogP contribution in [-0.2, 0) is 11.2 Å². The molecule has 3 aliphatic rings. The molecule has 1 aromatic rings. The Hall–Kier alpha value is -1.59. The first-order chi connectivity index (χ1) is 13.2. The Morgan fingerprint density at radius 1 is 1.26 bits per heavy atom. The molecular formula is C22H32N2O3. The van der Waals surface area contributed by atoms with Crippen LogP contribution in [0.15, 0.2) is 24.3 Å². The number of benzene rings is 1. The van der Waals surface area contributed by atoms with Gasteiger partial charge in [0.2, 0.25) is 5.91 Å². The lowest BCUT2D eigenvalue weighted by Gasteiger charge is -2.57. The van der Waals surface area contributed by atoms with Gasteiger partial charge >= 0.3 is 0 Å². The fourth-order valence-electron chi connectivity index (χ4n) is 5.65. The van der Waals surface area contributed by atoms with Crippen LogP contribution in [0.5, 0.6) is 5.75 Å².